The van der Waals surface area contributed by atoms with E-state index < -0.39 is 204 Å². The van der Waals surface area contributed by atoms with Crippen molar-refractivity contribution in [3.05, 3.63) is 0 Å². The zero-order chi connectivity index (χ0) is 87.5. The van der Waals surface area contributed by atoms with Crippen molar-refractivity contribution >= 4 is 85.6 Å². The van der Waals surface area contributed by atoms with Gasteiger partial charge in [0, 0.05) is 143 Å². The summed E-state index contributed by atoms with van der Waals surface area (Å²) in [5.41, 5.74) is -1.54. The number of carbonyl (C=O) groups is 11. The number of carbonyl (C=O) groups excluding carboxylic acids is 11. The quantitative estimate of drug-likeness (QED) is 0.0199. The highest BCUT2D eigenvalue weighted by atomic mass is 31.2. The number of rotatable bonds is 58. The second-order valence-electron chi connectivity index (χ2n) is 30.1. The summed E-state index contributed by atoms with van der Waals surface area (Å²) in [4.78, 5) is 165. The lowest BCUT2D eigenvalue weighted by Gasteiger charge is -2.42. The number of methoxy groups -OCH3 is 1. The Bertz CT molecular complexity index is 3070. The molecule has 5 saturated heterocycles. The Balaban J connectivity index is 1.25. The molecule has 45 heteroatoms. The van der Waals surface area contributed by atoms with Crippen molar-refractivity contribution in [3.63, 3.8) is 0 Å². The standard InChI is InChI=1S/C73H125N7O36P2/c1-42-31-53(57(112-42)38-111-118(7,102)103)116-117(6,101)30-21-46-32-52(104-5)34-80(46)60(94)12-11-51(91)33-76-73(39-105-24-15-47(87)9-8-10-48(88)17-27-108-70-61(77-43(2)84)67(98)64(95)54(35-81)113-70,40-106-25-16-49(89)13-22-75-59(93)20-29-110-72-63(79-45(4)86)69(100)66(97)56(37-83)115-72)41-107-26-19-58(92)74-23-14-50(90)18-28-109-71-62(78-44(3)85)68(99)65(96)55(36-82)114-71/h42,46,52-57,61-72,76,81-83,95-101H,6,8-41H2,1-5,7H3,(H,74,92)(H,75,93)(H,77,84)(H,78,85)(H,79,86)(H,102,103)/t42-,46+,52+,53-,54?,55?,56?,57+,61?,62?,63?,64-,65-,66-,67+,68+,69+,70+,71+,72+,73?,117?/m0/s1. The van der Waals surface area contributed by atoms with Crippen LogP contribution in [0.4, 0.5) is 0 Å². The van der Waals surface area contributed by atoms with E-state index in [9.17, 15) is 113 Å². The fourth-order valence-electron chi connectivity index (χ4n) is 13.6. The normalized spacial score (nSPS) is 29.3. The molecule has 0 spiro atoms. The molecule has 5 aliphatic rings. The summed E-state index contributed by atoms with van der Waals surface area (Å²) in [5.74, 6) is -5.14. The fraction of sp³-hybridized carbons (Fsp3) is 0.836. The van der Waals surface area contributed by atoms with Crippen LogP contribution in [-0.4, -0.2) is 391 Å². The highest BCUT2D eigenvalue weighted by molar-refractivity contribution is 7.63. The Morgan fingerprint density at radius 2 is 0.924 bits per heavy atom. The Labute approximate surface area is 684 Å². The van der Waals surface area contributed by atoms with Crippen molar-refractivity contribution in [1.29, 1.82) is 0 Å². The van der Waals surface area contributed by atoms with E-state index in [2.05, 4.69) is 38.2 Å². The van der Waals surface area contributed by atoms with Crippen molar-refractivity contribution in [2.24, 2.45) is 0 Å². The van der Waals surface area contributed by atoms with Gasteiger partial charge in [0.05, 0.1) is 123 Å². The van der Waals surface area contributed by atoms with Crippen LogP contribution in [-0.2, 0) is 118 Å². The van der Waals surface area contributed by atoms with Gasteiger partial charge < -0.3 is 148 Å². The Hall–Kier alpha value is -5.30. The summed E-state index contributed by atoms with van der Waals surface area (Å²) in [6.07, 6.45) is -16.7. The summed E-state index contributed by atoms with van der Waals surface area (Å²) < 4.78 is 86.4. The van der Waals surface area contributed by atoms with E-state index in [1.165, 1.54) is 14.0 Å². The molecule has 0 aliphatic carbocycles. The molecular weight excluding hydrogens is 1610 g/mol. The Morgan fingerprint density at radius 1 is 0.517 bits per heavy atom. The van der Waals surface area contributed by atoms with Crippen LogP contribution >= 0.6 is 14.9 Å². The zero-order valence-electron chi connectivity index (χ0n) is 67.8. The smallest absolute Gasteiger partial charge is 0.325 e. The molecule has 0 aromatic carbocycles. The van der Waals surface area contributed by atoms with Crippen LogP contribution in [0, 0.1) is 0 Å². The average molecular weight is 1740 g/mol. The Kier molecular flexibility index (Phi) is 45.8. The molecule has 0 aromatic rings. The van der Waals surface area contributed by atoms with E-state index in [1.807, 2.05) is 0 Å². The second kappa shape index (κ2) is 52.4. The number of nitrogens with one attached hydrogen (secondary N) is 6. The molecule has 0 aromatic heterocycles. The largest absolute Gasteiger partial charge is 0.394 e. The van der Waals surface area contributed by atoms with Gasteiger partial charge in [-0.2, -0.15) is 0 Å². The lowest BCUT2D eigenvalue weighted by atomic mass is 9.97. The summed E-state index contributed by atoms with van der Waals surface area (Å²) >= 11 is 0. The summed E-state index contributed by atoms with van der Waals surface area (Å²) in [5, 5.41) is 107. The Morgan fingerprint density at radius 3 is 1.34 bits per heavy atom. The van der Waals surface area contributed by atoms with E-state index >= 15 is 0 Å². The van der Waals surface area contributed by atoms with Crippen LogP contribution in [0.2, 0.25) is 0 Å². The number of hydrogen-bond donors (Lipinski definition) is 17. The topological polar surface area (TPSA) is 623 Å². The molecule has 678 valence electrons. The highest BCUT2D eigenvalue weighted by Crippen LogP contribution is 2.48. The van der Waals surface area contributed by atoms with Gasteiger partial charge in [-0.05, 0) is 26.2 Å². The van der Waals surface area contributed by atoms with Gasteiger partial charge >= 0.3 is 7.60 Å². The van der Waals surface area contributed by atoms with Crippen molar-refractivity contribution in [1.82, 2.24) is 36.8 Å². The van der Waals surface area contributed by atoms with Gasteiger partial charge in [0.25, 0.3) is 0 Å². The third-order valence-corrected chi connectivity index (χ3v) is 22.3. The van der Waals surface area contributed by atoms with Gasteiger partial charge in [0.1, 0.15) is 115 Å². The maximum Gasteiger partial charge on any atom is 0.325 e. The molecule has 5 heterocycles. The molecule has 43 nitrogen and oxygen atoms in total. The van der Waals surface area contributed by atoms with Gasteiger partial charge in [0.2, 0.25) is 35.4 Å². The molecule has 118 heavy (non-hydrogen) atoms. The number of aliphatic hydroxyl groups excluding tert-OH is 9. The van der Waals surface area contributed by atoms with Gasteiger partial charge in [-0.3, -0.25) is 62.6 Å². The lowest BCUT2D eigenvalue weighted by molar-refractivity contribution is -0.270. The van der Waals surface area contributed by atoms with E-state index in [-0.39, 0.29) is 211 Å². The lowest BCUT2D eigenvalue weighted by Crippen LogP contribution is -2.64. The van der Waals surface area contributed by atoms with E-state index in [4.69, 9.17) is 61.2 Å². The molecule has 23 atom stereocenters. The third-order valence-electron chi connectivity index (χ3n) is 20.0. The first-order valence-electron chi connectivity index (χ1n) is 39.5. The fourth-order valence-corrected chi connectivity index (χ4v) is 15.5. The minimum Gasteiger partial charge on any atom is -0.394 e. The van der Waals surface area contributed by atoms with Gasteiger partial charge in [-0.15, -0.1) is 0 Å². The minimum atomic E-state index is -3.87. The van der Waals surface area contributed by atoms with Crippen LogP contribution in [0.15, 0.2) is 0 Å². The molecule has 0 radical (unpaired) electrons. The maximum absolute atomic E-state index is 14.2. The zero-order valence-corrected chi connectivity index (χ0v) is 69.6. The molecule has 17 N–H and O–H groups in total. The van der Waals surface area contributed by atoms with Gasteiger partial charge in [-0.1, -0.05) is 6.30 Å². The van der Waals surface area contributed by atoms with Gasteiger partial charge in [-0.25, -0.2) is 0 Å². The van der Waals surface area contributed by atoms with E-state index in [1.54, 1.807) is 11.8 Å². The van der Waals surface area contributed by atoms with Gasteiger partial charge in [0.15, 0.2) is 18.9 Å². The van der Waals surface area contributed by atoms with E-state index in [0.717, 1.165) is 20.5 Å². The highest BCUT2D eigenvalue weighted by Gasteiger charge is 2.49. The monoisotopic (exact) mass is 1740 g/mol. The minimum absolute atomic E-state index is 0.0338. The summed E-state index contributed by atoms with van der Waals surface area (Å²) in [6.45, 7) is 0.708. The number of likely N-dealkylation sites (tertiary alicyclic amines) is 1. The average Bonchev–Trinajstić information content (AvgIpc) is 1.22. The van der Waals surface area contributed by atoms with Crippen LogP contribution in [0.1, 0.15) is 130 Å². The predicted octanol–water partition coefficient (Wildman–Crippen LogP) is -5.93. The first-order chi connectivity index (χ1) is 55.8. The number of amides is 6. The number of ketones is 5. The molecule has 5 rings (SSSR count). The molecule has 6 amide bonds. The summed E-state index contributed by atoms with van der Waals surface area (Å²) in [6, 6.07) is -4.20. The van der Waals surface area contributed by atoms with Crippen molar-refractivity contribution in [3.8, 4) is 0 Å². The second-order valence-corrected chi connectivity index (χ2v) is 34.3. The number of nitrogens with zero attached hydrogens (tertiary/aromatic N) is 1. The molecule has 9 unspecified atom stereocenters. The van der Waals surface area contributed by atoms with Crippen LogP contribution in [0.5, 0.6) is 0 Å². The SMILES string of the molecule is C=P(O)(CC[C@@H]1C[C@@H](OC)CN1C(=O)CCC(=O)CNC(COCCC(=O)CCCC(=O)CCO[C@@H]1OC(CO)[C@H](O)[C@H](O)C1NC(C)=O)(COCCC(=O)CCNC(=O)CCO[C@@H]1OC(CO)[C@H](O)[C@H](O)C1NC(C)=O)COCCC(=O)NCCC(=O)CCO[C@@H]1OC(CO)[C@H](O)[C@H](O)C1NC(C)=O)O[C@H]1C[C@H](C)O[C@@H]1COP(C)(=O)O. The maximum atomic E-state index is 14.2. The predicted molar refractivity (Wildman–Crippen MR) is 410 cm³/mol. The first-order valence-corrected chi connectivity index (χ1v) is 43.6. The van der Waals surface area contributed by atoms with Crippen LogP contribution in [0.25, 0.3) is 0 Å². The number of hydrogen-bond acceptors (Lipinski definition) is 36. The van der Waals surface area contributed by atoms with Crippen molar-refractivity contribution in [2.45, 2.75) is 258 Å². The van der Waals surface area contributed by atoms with E-state index in [0.29, 0.717) is 12.8 Å². The van der Waals surface area contributed by atoms with Crippen molar-refractivity contribution < 1.29 is 174 Å². The number of aliphatic hydroxyl groups is 9. The van der Waals surface area contributed by atoms with Crippen molar-refractivity contribution in [2.75, 3.05) is 132 Å². The summed E-state index contributed by atoms with van der Waals surface area (Å²) in [7, 11) is -5.78. The number of ether oxygens (including phenoxy) is 11. The van der Waals surface area contributed by atoms with Crippen LogP contribution in [0.3, 0.4) is 0 Å². The molecule has 5 fully saturated rings. The molecular formula is C73H125N7O36P2. The third kappa shape index (κ3) is 36.6. The van der Waals surface area contributed by atoms with Crippen LogP contribution < -0.4 is 31.9 Å². The first kappa shape index (κ1) is 103. The molecule has 5 aliphatic heterocycles. The molecule has 0 saturated carbocycles. The number of Topliss-reactive ketones (excluding diaryl/α,β-unsaturated/α-hetero) is 5. The molecule has 0 bridgehead atoms.